The molecule has 0 bridgehead atoms. The molecule has 0 amide bonds. The van der Waals surface area contributed by atoms with E-state index >= 15 is 0 Å². The molecule has 1 aromatic heterocycles. The SMILES string of the molecule is Cc1ccc(S(=O)(=O)N[C@H](c2ccccc2)[C@H](c2ccccc2)n2cccc2)cc1. The summed E-state index contributed by atoms with van der Waals surface area (Å²) < 4.78 is 31.7. The van der Waals surface area contributed by atoms with Crippen LogP contribution in [-0.2, 0) is 10.0 Å². The van der Waals surface area contributed by atoms with E-state index in [0.717, 1.165) is 16.7 Å². The molecule has 5 heteroatoms. The molecule has 0 saturated carbocycles. The van der Waals surface area contributed by atoms with Crippen LogP contribution in [0.5, 0.6) is 0 Å². The van der Waals surface area contributed by atoms with Crippen molar-refractivity contribution in [3.8, 4) is 0 Å². The Morgan fingerprint density at radius 3 is 1.80 bits per heavy atom. The van der Waals surface area contributed by atoms with E-state index in [0.29, 0.717) is 0 Å². The van der Waals surface area contributed by atoms with E-state index in [1.165, 1.54) is 0 Å². The van der Waals surface area contributed by atoms with Gasteiger partial charge in [0.25, 0.3) is 0 Å². The maximum atomic E-state index is 13.3. The van der Waals surface area contributed by atoms with Crippen LogP contribution in [0.3, 0.4) is 0 Å². The van der Waals surface area contributed by atoms with Gasteiger partial charge in [-0.05, 0) is 42.3 Å². The second kappa shape index (κ2) is 8.69. The Labute approximate surface area is 177 Å². The highest BCUT2D eigenvalue weighted by atomic mass is 32.2. The van der Waals surface area contributed by atoms with E-state index in [-0.39, 0.29) is 10.9 Å². The van der Waals surface area contributed by atoms with Crippen LogP contribution in [0, 0.1) is 6.92 Å². The minimum Gasteiger partial charge on any atom is -0.345 e. The first-order valence-corrected chi connectivity index (χ1v) is 11.3. The quantitative estimate of drug-likeness (QED) is 0.455. The van der Waals surface area contributed by atoms with Crippen molar-refractivity contribution in [2.75, 3.05) is 0 Å². The minimum absolute atomic E-state index is 0.246. The zero-order valence-corrected chi connectivity index (χ0v) is 17.5. The van der Waals surface area contributed by atoms with Gasteiger partial charge in [0.2, 0.25) is 10.0 Å². The summed E-state index contributed by atoms with van der Waals surface area (Å²) in [5.41, 5.74) is 2.94. The standard InChI is InChI=1S/C25H24N2O2S/c1-20-14-16-23(17-15-20)30(28,29)26-24(21-10-4-2-5-11-21)25(27-18-8-9-19-27)22-12-6-3-7-13-22/h2-19,24-26H,1H3/t24-,25+/m1/s1. The minimum atomic E-state index is -3.73. The normalized spacial score (nSPS) is 13.6. The van der Waals surface area contributed by atoms with E-state index in [9.17, 15) is 8.42 Å². The molecule has 1 heterocycles. The summed E-state index contributed by atoms with van der Waals surface area (Å²) >= 11 is 0. The van der Waals surface area contributed by atoms with Gasteiger partial charge >= 0.3 is 0 Å². The van der Waals surface area contributed by atoms with Crippen LogP contribution >= 0.6 is 0 Å². The molecule has 1 N–H and O–H groups in total. The maximum absolute atomic E-state index is 13.3. The maximum Gasteiger partial charge on any atom is 0.241 e. The average Bonchev–Trinajstić information content (AvgIpc) is 3.29. The van der Waals surface area contributed by atoms with Crippen molar-refractivity contribution in [1.82, 2.24) is 9.29 Å². The first kappa shape index (κ1) is 20.1. The van der Waals surface area contributed by atoms with E-state index < -0.39 is 16.1 Å². The highest BCUT2D eigenvalue weighted by molar-refractivity contribution is 7.89. The number of rotatable bonds is 7. The number of sulfonamides is 1. The third kappa shape index (κ3) is 4.37. The lowest BCUT2D eigenvalue weighted by molar-refractivity contribution is 0.447. The van der Waals surface area contributed by atoms with E-state index in [1.807, 2.05) is 109 Å². The number of aromatic nitrogens is 1. The molecule has 3 aromatic carbocycles. The average molecular weight is 417 g/mol. The topological polar surface area (TPSA) is 51.1 Å². The second-order valence-electron chi connectivity index (χ2n) is 7.31. The molecule has 4 aromatic rings. The van der Waals surface area contributed by atoms with Gasteiger partial charge in [-0.2, -0.15) is 0 Å². The van der Waals surface area contributed by atoms with Gasteiger partial charge in [-0.15, -0.1) is 0 Å². The van der Waals surface area contributed by atoms with Gasteiger partial charge in [0, 0.05) is 12.4 Å². The summed E-state index contributed by atoms with van der Waals surface area (Å²) in [5.74, 6) is 0. The highest BCUT2D eigenvalue weighted by Crippen LogP contribution is 2.34. The lowest BCUT2D eigenvalue weighted by Gasteiger charge is -2.30. The van der Waals surface area contributed by atoms with Gasteiger partial charge in [-0.25, -0.2) is 13.1 Å². The number of nitrogens with zero attached hydrogens (tertiary/aromatic N) is 1. The van der Waals surface area contributed by atoms with Crippen molar-refractivity contribution in [3.63, 3.8) is 0 Å². The molecular formula is C25H24N2O2S. The first-order valence-electron chi connectivity index (χ1n) is 9.86. The number of benzene rings is 3. The molecule has 0 spiro atoms. The summed E-state index contributed by atoms with van der Waals surface area (Å²) in [5, 5.41) is 0. The molecule has 4 nitrogen and oxygen atoms in total. The Balaban J connectivity index is 1.82. The van der Waals surface area contributed by atoms with Crippen LogP contribution < -0.4 is 4.72 Å². The van der Waals surface area contributed by atoms with Gasteiger partial charge in [0.15, 0.2) is 0 Å². The van der Waals surface area contributed by atoms with Gasteiger partial charge < -0.3 is 4.57 Å². The van der Waals surface area contributed by atoms with Crippen molar-refractivity contribution in [3.05, 3.63) is 126 Å². The van der Waals surface area contributed by atoms with Crippen molar-refractivity contribution in [2.45, 2.75) is 23.9 Å². The largest absolute Gasteiger partial charge is 0.345 e. The molecule has 0 aliphatic carbocycles. The summed E-state index contributed by atoms with van der Waals surface area (Å²) in [6.07, 6.45) is 3.93. The van der Waals surface area contributed by atoms with Crippen LogP contribution in [0.2, 0.25) is 0 Å². The van der Waals surface area contributed by atoms with Crippen LogP contribution in [0.4, 0.5) is 0 Å². The van der Waals surface area contributed by atoms with Gasteiger partial charge in [-0.1, -0.05) is 78.4 Å². The summed E-state index contributed by atoms with van der Waals surface area (Å²) in [7, 11) is -3.73. The van der Waals surface area contributed by atoms with Crippen LogP contribution in [0.25, 0.3) is 0 Å². The number of hydrogen-bond acceptors (Lipinski definition) is 2. The highest BCUT2D eigenvalue weighted by Gasteiger charge is 2.30. The van der Waals surface area contributed by atoms with E-state index in [4.69, 9.17) is 0 Å². The summed E-state index contributed by atoms with van der Waals surface area (Å²) in [4.78, 5) is 0.258. The van der Waals surface area contributed by atoms with Gasteiger partial charge in [-0.3, -0.25) is 0 Å². The fraction of sp³-hybridized carbons (Fsp3) is 0.120. The molecule has 30 heavy (non-hydrogen) atoms. The van der Waals surface area contributed by atoms with Crippen molar-refractivity contribution in [2.24, 2.45) is 0 Å². The Hall–Kier alpha value is -3.15. The lowest BCUT2D eigenvalue weighted by atomic mass is 9.94. The van der Waals surface area contributed by atoms with Gasteiger partial charge in [0.1, 0.15) is 0 Å². The predicted octanol–water partition coefficient (Wildman–Crippen LogP) is 5.11. The third-order valence-corrected chi connectivity index (χ3v) is 6.63. The molecule has 0 aliphatic rings. The molecule has 0 saturated heterocycles. The molecule has 4 rings (SSSR count). The Bertz CT molecular complexity index is 1170. The van der Waals surface area contributed by atoms with E-state index in [1.54, 1.807) is 12.1 Å². The second-order valence-corrected chi connectivity index (χ2v) is 9.02. The summed E-state index contributed by atoms with van der Waals surface area (Å²) in [6, 6.07) is 29.8. The molecule has 0 unspecified atom stereocenters. The monoisotopic (exact) mass is 416 g/mol. The molecule has 152 valence electrons. The molecule has 2 atom stereocenters. The number of aryl methyl sites for hydroxylation is 1. The lowest BCUT2D eigenvalue weighted by Crippen LogP contribution is -2.35. The van der Waals surface area contributed by atoms with Gasteiger partial charge in [0.05, 0.1) is 17.0 Å². The first-order chi connectivity index (χ1) is 14.5. The Morgan fingerprint density at radius 1 is 0.700 bits per heavy atom. The Morgan fingerprint density at radius 2 is 1.23 bits per heavy atom. The molecule has 0 aliphatic heterocycles. The third-order valence-electron chi connectivity index (χ3n) is 5.18. The molecule has 0 radical (unpaired) electrons. The fourth-order valence-corrected chi connectivity index (χ4v) is 4.88. The van der Waals surface area contributed by atoms with Crippen LogP contribution in [-0.4, -0.2) is 13.0 Å². The van der Waals surface area contributed by atoms with Crippen LogP contribution in [0.1, 0.15) is 28.8 Å². The van der Waals surface area contributed by atoms with Crippen molar-refractivity contribution >= 4 is 10.0 Å². The zero-order valence-electron chi connectivity index (χ0n) is 16.7. The molecule has 0 fully saturated rings. The van der Waals surface area contributed by atoms with Crippen molar-refractivity contribution < 1.29 is 8.42 Å². The Kier molecular flexibility index (Phi) is 5.84. The number of hydrogen-bond donors (Lipinski definition) is 1. The summed E-state index contributed by atoms with van der Waals surface area (Å²) in [6.45, 7) is 1.94. The number of nitrogens with one attached hydrogen (secondary N) is 1. The molecular weight excluding hydrogens is 392 g/mol. The van der Waals surface area contributed by atoms with Crippen molar-refractivity contribution in [1.29, 1.82) is 0 Å². The smallest absolute Gasteiger partial charge is 0.241 e. The van der Waals surface area contributed by atoms with E-state index in [2.05, 4.69) is 4.72 Å². The zero-order chi connectivity index (χ0) is 21.0. The van der Waals surface area contributed by atoms with Crippen LogP contribution in [0.15, 0.2) is 114 Å². The fourth-order valence-electron chi connectivity index (χ4n) is 3.65. The predicted molar refractivity (Wildman–Crippen MR) is 120 cm³/mol.